The number of benzene rings is 1. The van der Waals surface area contributed by atoms with Gasteiger partial charge in [-0.3, -0.25) is 0 Å². The zero-order valence-corrected chi connectivity index (χ0v) is 18.8. The second-order valence-corrected chi connectivity index (χ2v) is 8.98. The van der Waals surface area contributed by atoms with Crippen molar-refractivity contribution in [2.24, 2.45) is 0 Å². The molecular weight excluding hydrogens is 418 g/mol. The second-order valence-electron chi connectivity index (χ2n) is 8.98. The molecule has 4 heterocycles. The van der Waals surface area contributed by atoms with Crippen molar-refractivity contribution in [2.45, 2.75) is 38.1 Å². The van der Waals surface area contributed by atoms with Gasteiger partial charge in [-0.05, 0) is 43.5 Å². The van der Waals surface area contributed by atoms with Crippen molar-refractivity contribution in [1.82, 2.24) is 19.7 Å². The Morgan fingerprint density at radius 2 is 2.15 bits per heavy atom. The number of nitrogens with zero attached hydrogens (tertiary/aromatic N) is 5. The molecule has 0 aliphatic carbocycles. The molecule has 0 radical (unpaired) electrons. The van der Waals surface area contributed by atoms with E-state index in [1.165, 1.54) is 0 Å². The van der Waals surface area contributed by atoms with Gasteiger partial charge in [0.25, 0.3) is 0 Å². The molecule has 3 aromatic rings. The van der Waals surface area contributed by atoms with Gasteiger partial charge in [0.2, 0.25) is 5.95 Å². The van der Waals surface area contributed by atoms with Crippen molar-refractivity contribution in [3.63, 3.8) is 0 Å². The predicted octanol–water partition coefficient (Wildman–Crippen LogP) is 3.29. The Balaban J connectivity index is 1.48. The van der Waals surface area contributed by atoms with Crippen molar-refractivity contribution in [3.8, 4) is 17.3 Å². The number of anilines is 3. The highest BCUT2D eigenvalue weighted by molar-refractivity contribution is 5.76. The fraction of sp³-hybridized carbons (Fsp3) is 0.417. The first-order valence-corrected chi connectivity index (χ1v) is 11.2. The first-order valence-electron chi connectivity index (χ1n) is 11.2. The summed E-state index contributed by atoms with van der Waals surface area (Å²) in [5, 5.41) is 31.0. The molecule has 9 nitrogen and oxygen atoms in total. The van der Waals surface area contributed by atoms with Crippen LogP contribution in [0.15, 0.2) is 30.5 Å². The minimum atomic E-state index is -0.446. The number of hydrogen-bond acceptors (Lipinski definition) is 8. The fourth-order valence-corrected chi connectivity index (χ4v) is 4.58. The Bertz CT molecular complexity index is 1230. The van der Waals surface area contributed by atoms with Crippen LogP contribution < -0.4 is 10.6 Å². The first-order chi connectivity index (χ1) is 16.0. The van der Waals surface area contributed by atoms with Gasteiger partial charge in [-0.1, -0.05) is 6.92 Å². The lowest BCUT2D eigenvalue weighted by Crippen LogP contribution is -2.28. The lowest BCUT2D eigenvalue weighted by molar-refractivity contribution is 0.0668. The van der Waals surface area contributed by atoms with Crippen LogP contribution in [0.1, 0.15) is 42.6 Å². The molecule has 3 N–H and O–H groups in total. The van der Waals surface area contributed by atoms with E-state index in [2.05, 4.69) is 26.8 Å². The summed E-state index contributed by atoms with van der Waals surface area (Å²) in [7, 11) is 0. The average Bonchev–Trinajstić information content (AvgIpc) is 3.39. The molecule has 2 aliphatic heterocycles. The van der Waals surface area contributed by atoms with Crippen LogP contribution in [0.5, 0.6) is 0 Å². The van der Waals surface area contributed by atoms with Crippen molar-refractivity contribution < 1.29 is 9.84 Å². The topological polar surface area (TPSA) is 121 Å². The van der Waals surface area contributed by atoms with E-state index in [0.717, 1.165) is 54.4 Å². The maximum atomic E-state index is 9.97. The smallest absolute Gasteiger partial charge is 0.228 e. The predicted molar refractivity (Wildman–Crippen MR) is 124 cm³/mol. The molecule has 0 unspecified atom stereocenters. The fourth-order valence-electron chi connectivity index (χ4n) is 4.58. The lowest BCUT2D eigenvalue weighted by Gasteiger charge is -2.24. The third-order valence-corrected chi connectivity index (χ3v) is 6.50. The third kappa shape index (κ3) is 3.92. The molecule has 1 aromatic carbocycles. The molecular formula is C24H27N7O2. The Morgan fingerprint density at radius 3 is 2.91 bits per heavy atom. The van der Waals surface area contributed by atoms with Gasteiger partial charge in [0, 0.05) is 43.0 Å². The number of fused-ring (bicyclic) bond motifs is 1. The number of ether oxygens (including phenoxy) is 1. The average molecular weight is 446 g/mol. The maximum absolute atomic E-state index is 9.97. The van der Waals surface area contributed by atoms with Crippen LogP contribution in [0.2, 0.25) is 0 Å². The Morgan fingerprint density at radius 1 is 1.33 bits per heavy atom. The van der Waals surface area contributed by atoms with E-state index in [9.17, 15) is 10.4 Å². The lowest BCUT2D eigenvalue weighted by atomic mass is 9.83. The Hall–Kier alpha value is -3.48. The van der Waals surface area contributed by atoms with Crippen LogP contribution in [0.3, 0.4) is 0 Å². The van der Waals surface area contributed by atoms with Crippen LogP contribution in [0.25, 0.3) is 11.3 Å². The summed E-state index contributed by atoms with van der Waals surface area (Å²) in [6.07, 6.45) is 3.54. The van der Waals surface area contributed by atoms with E-state index in [0.29, 0.717) is 23.8 Å². The number of nitriles is 1. The molecule has 170 valence electrons. The molecule has 0 bridgehead atoms. The van der Waals surface area contributed by atoms with Crippen molar-refractivity contribution in [2.75, 3.05) is 37.0 Å². The minimum Gasteiger partial charge on any atom is -0.395 e. The first kappa shape index (κ1) is 21.4. The zero-order chi connectivity index (χ0) is 23.0. The second kappa shape index (κ2) is 8.46. The monoisotopic (exact) mass is 445 g/mol. The molecule has 33 heavy (non-hydrogen) atoms. The molecule has 9 heteroatoms. The zero-order valence-electron chi connectivity index (χ0n) is 18.8. The molecule has 1 fully saturated rings. The largest absolute Gasteiger partial charge is 0.395 e. The highest BCUT2D eigenvalue weighted by atomic mass is 16.5. The maximum Gasteiger partial charge on any atom is 0.228 e. The van der Waals surface area contributed by atoms with Gasteiger partial charge in [0.15, 0.2) is 0 Å². The van der Waals surface area contributed by atoms with Crippen LogP contribution in [0.4, 0.5) is 17.5 Å². The quantitative estimate of drug-likeness (QED) is 0.547. The van der Waals surface area contributed by atoms with Gasteiger partial charge < -0.3 is 20.5 Å². The molecule has 2 aliphatic rings. The van der Waals surface area contributed by atoms with Gasteiger partial charge in [-0.25, -0.2) is 14.6 Å². The molecule has 1 saturated heterocycles. The van der Waals surface area contributed by atoms with E-state index in [1.54, 1.807) is 6.20 Å². The number of hydrogen-bond donors (Lipinski definition) is 3. The van der Waals surface area contributed by atoms with E-state index in [1.807, 2.05) is 42.8 Å². The molecule has 5 rings (SSSR count). The van der Waals surface area contributed by atoms with E-state index in [4.69, 9.17) is 9.72 Å². The van der Waals surface area contributed by atoms with Gasteiger partial charge in [0.05, 0.1) is 35.3 Å². The molecule has 0 amide bonds. The van der Waals surface area contributed by atoms with Crippen molar-refractivity contribution in [1.29, 1.82) is 5.26 Å². The van der Waals surface area contributed by atoms with Crippen molar-refractivity contribution in [3.05, 3.63) is 47.3 Å². The number of nitrogens with one attached hydrogen (secondary N) is 2. The van der Waals surface area contributed by atoms with Crippen LogP contribution in [-0.2, 0) is 10.2 Å². The number of aliphatic hydroxyl groups excluding tert-OH is 1. The standard InChI is InChI=1S/C24H27N7O2/c1-15-9-21(31(30-15)18-4-7-33-8-5-18)29-23-26-6-3-20(28-23)16-10-17(12-25)22-19(11-16)24(2,14-32)13-27-22/h3,6,9-11,18,27,32H,4-5,7-8,13-14H2,1-2H3,(H,26,28,29)/t24-/m1/s1. The van der Waals surface area contributed by atoms with Crippen LogP contribution in [0, 0.1) is 18.3 Å². The van der Waals surface area contributed by atoms with Gasteiger partial charge in [-0.2, -0.15) is 10.4 Å². The van der Waals surface area contributed by atoms with Gasteiger partial charge in [0.1, 0.15) is 11.9 Å². The summed E-state index contributed by atoms with van der Waals surface area (Å²) >= 11 is 0. The van der Waals surface area contributed by atoms with Gasteiger partial charge >= 0.3 is 0 Å². The number of aryl methyl sites for hydroxylation is 1. The third-order valence-electron chi connectivity index (χ3n) is 6.50. The minimum absolute atomic E-state index is 0.00650. The van der Waals surface area contributed by atoms with Crippen LogP contribution in [-0.4, -0.2) is 51.2 Å². The van der Waals surface area contributed by atoms with E-state index in [-0.39, 0.29) is 12.6 Å². The SMILES string of the molecule is Cc1cc(Nc2nccc(-c3cc(C#N)c4c(c3)[C@@](C)(CO)CN4)n2)n(C2CCOCC2)n1. The molecule has 1 atom stereocenters. The summed E-state index contributed by atoms with van der Waals surface area (Å²) in [6, 6.07) is 10.2. The van der Waals surface area contributed by atoms with Crippen molar-refractivity contribution >= 4 is 17.5 Å². The normalized spacial score (nSPS) is 20.2. The number of aromatic nitrogens is 4. The van der Waals surface area contributed by atoms with Gasteiger partial charge in [-0.15, -0.1) is 0 Å². The number of aliphatic hydroxyl groups is 1. The summed E-state index contributed by atoms with van der Waals surface area (Å²) < 4.78 is 7.50. The summed E-state index contributed by atoms with van der Waals surface area (Å²) in [6.45, 7) is 6.00. The Kier molecular flexibility index (Phi) is 5.48. The highest BCUT2D eigenvalue weighted by Gasteiger charge is 2.36. The molecule has 2 aromatic heterocycles. The van der Waals surface area contributed by atoms with E-state index >= 15 is 0 Å². The summed E-state index contributed by atoms with van der Waals surface area (Å²) in [4.78, 5) is 9.14. The molecule has 0 saturated carbocycles. The van der Waals surface area contributed by atoms with E-state index < -0.39 is 5.41 Å². The summed E-state index contributed by atoms with van der Waals surface area (Å²) in [5.74, 6) is 1.31. The molecule has 0 spiro atoms. The highest BCUT2D eigenvalue weighted by Crippen LogP contribution is 2.41. The Labute approximate surface area is 192 Å². The summed E-state index contributed by atoms with van der Waals surface area (Å²) in [5.41, 5.74) is 4.26. The van der Waals surface area contributed by atoms with Crippen LogP contribution >= 0.6 is 0 Å². The number of rotatable bonds is 5.